The van der Waals surface area contributed by atoms with Gasteiger partial charge in [0, 0.05) is 0 Å². The molecule has 0 atom stereocenters. The summed E-state index contributed by atoms with van der Waals surface area (Å²) in [5, 5.41) is 0. The first-order valence-electron chi connectivity index (χ1n) is 2.43. The van der Waals surface area contributed by atoms with Crippen LogP contribution in [0, 0.1) is 0 Å². The van der Waals surface area contributed by atoms with E-state index in [4.69, 9.17) is 34.8 Å². The molecule has 0 nitrogen and oxygen atoms in total. The van der Waals surface area contributed by atoms with Crippen molar-refractivity contribution in [1.82, 2.24) is 0 Å². The van der Waals surface area contributed by atoms with Crippen molar-refractivity contribution in [3.05, 3.63) is 31.2 Å². The fourth-order valence-electron chi connectivity index (χ4n) is 0.344. The van der Waals surface area contributed by atoms with Crippen LogP contribution in [0.5, 0.6) is 0 Å². The second kappa shape index (κ2) is 7.75. The molecule has 0 unspecified atom stereocenters. The van der Waals surface area contributed by atoms with Crippen LogP contribution in [0.15, 0.2) is 31.2 Å². The van der Waals surface area contributed by atoms with Crippen LogP contribution in [0.4, 0.5) is 0 Å². The zero-order valence-corrected chi connectivity index (χ0v) is 9.19. The summed E-state index contributed by atoms with van der Waals surface area (Å²) in [4.78, 5) is 5.73. The average Bonchev–Trinajstić information content (AvgIpc) is 1.90. The monoisotopic (exact) mass is 258 g/mol. The van der Waals surface area contributed by atoms with Crippen molar-refractivity contribution in [2.45, 2.75) is 0 Å². The number of halogens is 3. The molecule has 0 heterocycles. The van der Waals surface area contributed by atoms with Crippen molar-refractivity contribution in [2.24, 2.45) is 0 Å². The van der Waals surface area contributed by atoms with Crippen molar-refractivity contribution >= 4 is 49.5 Å². The number of rotatable bonds is 3. The Hall–Kier alpha value is 0.648. The Morgan fingerprint density at radius 1 is 0.700 bits per heavy atom. The fourth-order valence-corrected chi connectivity index (χ4v) is 3.82. The molecule has 0 saturated heterocycles. The van der Waals surface area contributed by atoms with Gasteiger partial charge in [0.05, 0.1) is 0 Å². The molecule has 0 saturated carbocycles. The molecule has 0 aliphatic rings. The van der Waals surface area contributed by atoms with Crippen LogP contribution in [-0.4, -0.2) is 14.7 Å². The van der Waals surface area contributed by atoms with Crippen molar-refractivity contribution in [2.75, 3.05) is 0 Å². The molecule has 0 spiro atoms. The van der Waals surface area contributed by atoms with Gasteiger partial charge in [-0.15, -0.1) is 0 Å². The van der Waals surface area contributed by atoms with Gasteiger partial charge in [0.25, 0.3) is 0 Å². The summed E-state index contributed by atoms with van der Waals surface area (Å²) in [7, 11) is 0. The van der Waals surface area contributed by atoms with E-state index < -0.39 is 14.7 Å². The van der Waals surface area contributed by atoms with Gasteiger partial charge in [-0.05, 0) is 0 Å². The maximum atomic E-state index is 5.37. The van der Waals surface area contributed by atoms with Gasteiger partial charge in [-0.3, -0.25) is 0 Å². The van der Waals surface area contributed by atoms with Crippen LogP contribution in [-0.2, 0) is 0 Å². The van der Waals surface area contributed by atoms with E-state index in [-0.39, 0.29) is 0 Å². The molecule has 0 radical (unpaired) electrons. The Labute approximate surface area is 80.4 Å². The van der Waals surface area contributed by atoms with E-state index in [1.807, 2.05) is 14.6 Å². The molecule has 0 fully saturated rings. The second-order valence-electron chi connectivity index (χ2n) is 1.27. The van der Waals surface area contributed by atoms with Gasteiger partial charge in [0.2, 0.25) is 0 Å². The topological polar surface area (TPSA) is 0 Å². The van der Waals surface area contributed by atoms with Crippen LogP contribution in [0.2, 0.25) is 0 Å². The van der Waals surface area contributed by atoms with E-state index in [0.717, 1.165) is 0 Å². The summed E-state index contributed by atoms with van der Waals surface area (Å²) >= 11 is 14.9. The molecule has 0 aliphatic heterocycles. The van der Waals surface area contributed by atoms with Crippen LogP contribution in [0.25, 0.3) is 0 Å². The van der Waals surface area contributed by atoms with Crippen molar-refractivity contribution in [1.29, 1.82) is 0 Å². The van der Waals surface area contributed by atoms with Crippen LogP contribution < -0.4 is 0 Å². The molecule has 0 amide bonds. The van der Waals surface area contributed by atoms with Crippen molar-refractivity contribution in [3.63, 3.8) is 0 Å². The summed E-state index contributed by atoms with van der Waals surface area (Å²) in [6, 6.07) is 0. The molecule has 56 valence electrons. The van der Waals surface area contributed by atoms with Gasteiger partial charge in [0.1, 0.15) is 0 Å². The van der Waals surface area contributed by atoms with Crippen LogP contribution in [0.1, 0.15) is 0 Å². The molecule has 0 aromatic heterocycles. The van der Waals surface area contributed by atoms with Gasteiger partial charge < -0.3 is 0 Å². The molecule has 0 rings (SSSR count). The molecule has 0 aromatic carbocycles. The van der Waals surface area contributed by atoms with Crippen molar-refractivity contribution < 1.29 is 0 Å². The quantitative estimate of drug-likeness (QED) is 0.682. The molecule has 0 N–H and O–H groups in total. The summed E-state index contributed by atoms with van der Waals surface area (Å²) in [5.74, 6) is 0. The molecule has 0 aliphatic carbocycles. The molecular weight excluding hydrogens is 253 g/mol. The number of hydrogen-bond acceptors (Lipinski definition) is 0. The standard InChI is InChI=1S/C6H6AsCl3/c8-4-1-7(2-5-9)3-6-10/h1-6H/b4-1-,5-2+,6-3+. The Balaban J connectivity index is 3.97. The second-order valence-corrected chi connectivity index (χ2v) is 5.78. The molecule has 0 aromatic rings. The van der Waals surface area contributed by atoms with Gasteiger partial charge in [-0.2, -0.15) is 0 Å². The van der Waals surface area contributed by atoms with Crippen LogP contribution >= 0.6 is 34.8 Å². The normalized spacial score (nSPS) is 13.2. The SMILES string of the molecule is Cl/C=C\[As](/C=C/Cl)/C=C/Cl. The Kier molecular flexibility index (Phi) is 8.25. The van der Waals surface area contributed by atoms with E-state index in [2.05, 4.69) is 0 Å². The van der Waals surface area contributed by atoms with Crippen molar-refractivity contribution in [3.8, 4) is 0 Å². The predicted octanol–water partition coefficient (Wildman–Crippen LogP) is 3.36. The zero-order valence-electron chi connectivity index (χ0n) is 5.05. The van der Waals surface area contributed by atoms with E-state index in [0.29, 0.717) is 0 Å². The molecule has 4 heteroatoms. The van der Waals surface area contributed by atoms with Gasteiger partial charge >= 0.3 is 80.7 Å². The minimum atomic E-state index is -1.23. The zero-order chi connectivity index (χ0) is 7.82. The summed E-state index contributed by atoms with van der Waals surface area (Å²) in [6.07, 6.45) is 0. The summed E-state index contributed by atoms with van der Waals surface area (Å²) in [6.45, 7) is 0. The Morgan fingerprint density at radius 3 is 1.20 bits per heavy atom. The first-order chi connectivity index (χ1) is 4.85. The molecular formula is C6H6AsCl3. The van der Waals surface area contributed by atoms with E-state index >= 15 is 0 Å². The first kappa shape index (κ1) is 10.6. The number of hydrogen-bond donors (Lipinski definition) is 0. The summed E-state index contributed by atoms with van der Waals surface area (Å²) < 4.78 is 0. The summed E-state index contributed by atoms with van der Waals surface area (Å²) in [5.41, 5.74) is 4.48. The van der Waals surface area contributed by atoms with E-state index in [1.165, 1.54) is 16.6 Å². The first-order valence-corrected chi connectivity index (χ1v) is 6.99. The third-order valence-corrected chi connectivity index (χ3v) is 5.32. The van der Waals surface area contributed by atoms with Crippen LogP contribution in [0.3, 0.4) is 0 Å². The van der Waals surface area contributed by atoms with E-state index in [9.17, 15) is 0 Å². The third kappa shape index (κ3) is 5.43. The third-order valence-electron chi connectivity index (χ3n) is 0.685. The van der Waals surface area contributed by atoms with Gasteiger partial charge in [-0.25, -0.2) is 0 Å². The van der Waals surface area contributed by atoms with Gasteiger partial charge in [0.15, 0.2) is 0 Å². The van der Waals surface area contributed by atoms with Gasteiger partial charge in [-0.1, -0.05) is 0 Å². The fraction of sp³-hybridized carbons (Fsp3) is 0. The average molecular weight is 259 g/mol. The Morgan fingerprint density at radius 2 is 1.00 bits per heavy atom. The Bertz CT molecular complexity index is 123. The van der Waals surface area contributed by atoms with E-state index in [1.54, 1.807) is 0 Å². The maximum absolute atomic E-state index is 5.37. The minimum absolute atomic E-state index is 1.23. The molecule has 0 bridgehead atoms. The molecule has 10 heavy (non-hydrogen) atoms. The predicted molar refractivity (Wildman–Crippen MR) is 50.7 cm³/mol.